The number of benzene rings is 2. The second kappa shape index (κ2) is 43.0. The molecular formula is C57H84N8O30. The number of nitrogens with two attached hydrogens (primary N) is 2. The van der Waals surface area contributed by atoms with E-state index in [1.165, 1.54) is 36.4 Å². The summed E-state index contributed by atoms with van der Waals surface area (Å²) in [7, 11) is 0. The van der Waals surface area contributed by atoms with Gasteiger partial charge in [0.2, 0.25) is 30.3 Å². The van der Waals surface area contributed by atoms with Gasteiger partial charge >= 0.3 is 24.1 Å². The number of rotatable bonds is 45. The molecule has 0 saturated carbocycles. The van der Waals surface area contributed by atoms with Crippen molar-refractivity contribution >= 4 is 59.4 Å². The highest BCUT2D eigenvalue weighted by atomic mass is 16.7. The Labute approximate surface area is 542 Å². The zero-order valence-corrected chi connectivity index (χ0v) is 52.0. The summed E-state index contributed by atoms with van der Waals surface area (Å²) in [6, 6.07) is 6.68. The molecule has 0 radical (unpaired) electrons. The highest BCUT2D eigenvalue weighted by Gasteiger charge is 2.49. The first-order chi connectivity index (χ1) is 45.4. The number of hydrogen-bond donors (Lipinski definition) is 15. The fraction of sp³-hybridized carbons (Fsp3) is 0.614. The lowest BCUT2D eigenvalue weighted by Crippen LogP contribution is -2.61. The highest BCUT2D eigenvalue weighted by Crippen LogP contribution is 2.30. The zero-order valence-electron chi connectivity index (χ0n) is 52.0. The number of unbranched alkanes of at least 4 members (excludes halogenated alkanes) is 1. The fourth-order valence-corrected chi connectivity index (χ4v) is 8.41. The molecule has 2 saturated heterocycles. The van der Waals surface area contributed by atoms with Crippen LogP contribution in [0.25, 0.3) is 0 Å². The van der Waals surface area contributed by atoms with E-state index in [0.717, 1.165) is 5.71 Å². The number of primary amides is 2. The van der Waals surface area contributed by atoms with Crippen LogP contribution in [-0.4, -0.2) is 280 Å². The first kappa shape index (κ1) is 79.2. The predicted octanol–water partition coefficient (Wildman–Crippen LogP) is -5.02. The van der Waals surface area contributed by atoms with Crippen molar-refractivity contribution in [2.75, 3.05) is 112 Å². The summed E-state index contributed by atoms with van der Waals surface area (Å²) < 4.78 is 63.9. The minimum atomic E-state index is -2.00. The molecule has 4 rings (SSSR count). The predicted molar refractivity (Wildman–Crippen MR) is 318 cm³/mol. The van der Waals surface area contributed by atoms with Crippen LogP contribution in [0.2, 0.25) is 0 Å². The molecule has 7 amide bonds. The number of aliphatic carboxylic acids is 2. The maximum absolute atomic E-state index is 13.4. The third-order valence-corrected chi connectivity index (χ3v) is 13.1. The molecule has 2 heterocycles. The molecule has 38 heteroatoms. The van der Waals surface area contributed by atoms with Gasteiger partial charge in [0.1, 0.15) is 87.2 Å². The minimum absolute atomic E-state index is 0.00138. The molecule has 0 unspecified atom stereocenters. The monoisotopic (exact) mass is 1360 g/mol. The van der Waals surface area contributed by atoms with Crippen molar-refractivity contribution in [1.29, 1.82) is 0 Å². The van der Waals surface area contributed by atoms with E-state index >= 15 is 0 Å². The molecule has 0 aliphatic carbocycles. The number of carbonyl (C=O) groups excluding carboxylic acids is 7. The van der Waals surface area contributed by atoms with E-state index in [1.807, 2.05) is 0 Å². The molecule has 38 nitrogen and oxygen atoms in total. The third kappa shape index (κ3) is 29.1. The summed E-state index contributed by atoms with van der Waals surface area (Å²) >= 11 is 0. The fourth-order valence-electron chi connectivity index (χ4n) is 8.41. The molecule has 0 bridgehead atoms. The van der Waals surface area contributed by atoms with Crippen molar-refractivity contribution in [2.24, 2.45) is 16.6 Å². The normalized spacial score (nSPS) is 21.0. The summed E-state index contributed by atoms with van der Waals surface area (Å²) in [4.78, 5) is 116. The number of aliphatic hydroxyl groups is 6. The van der Waals surface area contributed by atoms with Crippen LogP contribution in [0.15, 0.2) is 41.6 Å². The van der Waals surface area contributed by atoms with Crippen molar-refractivity contribution in [2.45, 2.75) is 114 Å². The van der Waals surface area contributed by atoms with Gasteiger partial charge in [-0.2, -0.15) is 0 Å². The summed E-state index contributed by atoms with van der Waals surface area (Å²) in [5.41, 5.74) is 11.0. The van der Waals surface area contributed by atoms with E-state index in [1.54, 1.807) is 13.8 Å². The van der Waals surface area contributed by atoms with Gasteiger partial charge in [-0.3, -0.25) is 24.0 Å². The number of carboxylic acids is 2. The average Bonchev–Trinajstić information content (AvgIpc) is 0.888. The van der Waals surface area contributed by atoms with E-state index in [-0.39, 0.29) is 159 Å². The van der Waals surface area contributed by atoms with Crippen molar-refractivity contribution in [1.82, 2.24) is 26.6 Å². The Morgan fingerprint density at radius 2 is 0.926 bits per heavy atom. The highest BCUT2D eigenvalue weighted by molar-refractivity contribution is 5.98. The van der Waals surface area contributed by atoms with E-state index in [0.29, 0.717) is 12.8 Å². The maximum Gasteiger partial charge on any atom is 0.404 e. The third-order valence-electron chi connectivity index (χ3n) is 13.1. The van der Waals surface area contributed by atoms with Crippen molar-refractivity contribution in [3.63, 3.8) is 0 Å². The Morgan fingerprint density at radius 3 is 1.37 bits per heavy atom. The average molecular weight is 1360 g/mol. The number of carbonyl (C=O) groups is 9. The standard InChI is InChI=1S/C57H84N8O30/c1-31(2)65-91-24-23-86-18-17-83-16-13-63-51(76)36(64-40(67)30-88-22-20-85-15-12-62-50(75)35-26-33(28-90-57(59)82)7-9-38(35)93-55-46(73)42(69)44(71)48(95-55)53(79)80)5-3-4-10-60-39(66)29-87-21-19-84-14-11-61-49(74)34-25-32(27-89-56(58)81)6-8-37(34)92-54-45(72)41(68)43(70)47(94-54)52(77)78/h6-9,25-26,36,41-48,54-55,68-73H,3-5,10-24,27-30H2,1-2H3,(H2,58,81)(H2,59,82)(H,60,66)(H,61,74)(H,62,75)(H,63,76)(H,64,67)(H,77,78)(H,79,80)/t36-,41-,42-,43-,44-,45+,46+,47-,48-,54+,55+/m0/s1. The number of amides is 7. The van der Waals surface area contributed by atoms with Gasteiger partial charge in [-0.1, -0.05) is 17.3 Å². The van der Waals surface area contributed by atoms with Crippen LogP contribution in [0.1, 0.15) is 65.0 Å². The Hall–Kier alpha value is -8.22. The largest absolute Gasteiger partial charge is 0.479 e. The first-order valence-corrected chi connectivity index (χ1v) is 29.7. The number of carboxylic acid groups (broad SMARTS) is 2. The van der Waals surface area contributed by atoms with Crippen molar-refractivity contribution in [3.05, 3.63) is 58.7 Å². The van der Waals surface area contributed by atoms with Crippen LogP contribution in [0, 0.1) is 0 Å². The Balaban J connectivity index is 1.17. The lowest BCUT2D eigenvalue weighted by Gasteiger charge is -2.38. The van der Waals surface area contributed by atoms with Crippen LogP contribution in [0.5, 0.6) is 11.5 Å². The van der Waals surface area contributed by atoms with Gasteiger partial charge in [0.15, 0.2) is 12.2 Å². The van der Waals surface area contributed by atoms with Crippen LogP contribution >= 0.6 is 0 Å². The van der Waals surface area contributed by atoms with Gasteiger partial charge in [-0.05, 0) is 68.5 Å². The Bertz CT molecular complexity index is 2820. The van der Waals surface area contributed by atoms with Gasteiger partial charge < -0.3 is 141 Å². The molecular weight excluding hydrogens is 1280 g/mol. The second-order valence-corrected chi connectivity index (χ2v) is 20.8. The van der Waals surface area contributed by atoms with E-state index in [2.05, 4.69) is 31.7 Å². The van der Waals surface area contributed by atoms with Crippen LogP contribution < -0.4 is 47.5 Å². The van der Waals surface area contributed by atoms with E-state index in [4.69, 9.17) is 73.1 Å². The number of aliphatic hydroxyl groups excluding tert-OH is 6. The minimum Gasteiger partial charge on any atom is -0.479 e. The molecule has 0 spiro atoms. The van der Waals surface area contributed by atoms with Crippen molar-refractivity contribution in [3.8, 4) is 11.5 Å². The smallest absolute Gasteiger partial charge is 0.404 e. The molecule has 95 heavy (non-hydrogen) atoms. The van der Waals surface area contributed by atoms with Crippen LogP contribution in [-0.2, 0) is 89.4 Å². The Kier molecular flexibility index (Phi) is 35.8. The number of nitrogens with zero attached hydrogens (tertiary/aromatic N) is 1. The van der Waals surface area contributed by atoms with Crippen molar-refractivity contribution < 1.29 is 146 Å². The van der Waals surface area contributed by atoms with E-state index in [9.17, 15) is 84.0 Å². The second-order valence-electron chi connectivity index (χ2n) is 20.8. The number of oxime groups is 1. The zero-order chi connectivity index (χ0) is 69.8. The number of nitrogens with one attached hydrogen (secondary N) is 5. The van der Waals surface area contributed by atoms with Crippen LogP contribution in [0.3, 0.4) is 0 Å². The van der Waals surface area contributed by atoms with Crippen LogP contribution in [0.4, 0.5) is 9.59 Å². The van der Waals surface area contributed by atoms with Gasteiger partial charge in [0, 0.05) is 26.2 Å². The lowest BCUT2D eigenvalue weighted by molar-refractivity contribution is -0.271. The summed E-state index contributed by atoms with van der Waals surface area (Å²) in [6.07, 6.45) is -20.8. The molecule has 17 N–H and O–H groups in total. The van der Waals surface area contributed by atoms with E-state index < -0.39 is 128 Å². The molecule has 0 aromatic heterocycles. The summed E-state index contributed by atoms with van der Waals surface area (Å²) in [5.74, 6) is -6.99. The van der Waals surface area contributed by atoms with Gasteiger partial charge in [0.05, 0.1) is 82.9 Å². The van der Waals surface area contributed by atoms with Gasteiger partial charge in [-0.25, -0.2) is 19.2 Å². The number of hydrogen-bond acceptors (Lipinski definition) is 29. The lowest BCUT2D eigenvalue weighted by atomic mass is 9.99. The quantitative estimate of drug-likeness (QED) is 0.0168. The van der Waals surface area contributed by atoms with Gasteiger partial charge in [0.25, 0.3) is 11.8 Å². The molecule has 532 valence electrons. The van der Waals surface area contributed by atoms with Gasteiger partial charge in [-0.15, -0.1) is 0 Å². The summed E-state index contributed by atoms with van der Waals surface area (Å²) in [5, 5.41) is 97.3. The molecule has 2 aromatic carbocycles. The number of ether oxygens (including phenoxy) is 12. The molecule has 2 aliphatic heterocycles. The Morgan fingerprint density at radius 1 is 0.505 bits per heavy atom. The SMILES string of the molecule is CC(C)=NOCCOCCOCCNC(=O)[C@H](CCCCNC(=O)COCCOCCNC(=O)c1cc(COC(N)=O)ccc1O[C@@H]1O[C@H](C(=O)O)[C@@H](O)[C@H](O)[C@H]1O)NC(=O)COCCOCCNC(=O)c1cc(COC(N)=O)ccc1O[C@@H]1O[C@H](C(=O)O)[C@@H](O)[C@H](O)[C@H]1O. The first-order valence-electron chi connectivity index (χ1n) is 29.7. The molecule has 2 fully saturated rings. The molecule has 11 atom stereocenters. The molecule has 2 aliphatic rings. The molecule has 2 aromatic rings. The summed E-state index contributed by atoms with van der Waals surface area (Å²) in [6.45, 7) is 3.02. The maximum atomic E-state index is 13.4. The topological polar surface area (TPSA) is 560 Å².